The lowest BCUT2D eigenvalue weighted by Crippen LogP contribution is -2.40. The third-order valence-corrected chi connectivity index (χ3v) is 8.88. The molecule has 1 rings (SSSR count). The number of carbonyl (C=O) groups excluding carboxylic acids is 2. The highest BCUT2D eigenvalue weighted by Crippen LogP contribution is 2.37. The average molecular weight is 373 g/mol. The Morgan fingerprint density at radius 3 is 2.05 bits per heavy atom. The van der Waals surface area contributed by atoms with E-state index in [0.717, 1.165) is 11.9 Å². The van der Waals surface area contributed by atoms with Crippen molar-refractivity contribution in [2.45, 2.75) is 57.8 Å². The summed E-state index contributed by atoms with van der Waals surface area (Å²) >= 11 is 3.52. The minimum absolute atomic E-state index is 0.250. The number of hydrogen-bond donors (Lipinski definition) is 0. The topological polar surface area (TPSA) is 43.4 Å². The lowest BCUT2D eigenvalue weighted by Gasteiger charge is -2.36. The van der Waals surface area contributed by atoms with E-state index in [9.17, 15) is 0 Å². The summed E-state index contributed by atoms with van der Waals surface area (Å²) in [5.74, 6) is 0. The maximum atomic E-state index is 8.12. The van der Waals surface area contributed by atoms with Crippen LogP contribution >= 0.6 is 15.9 Å². The van der Waals surface area contributed by atoms with E-state index in [2.05, 4.69) is 74.9 Å². The average Bonchev–Trinajstić information content (AvgIpc) is 2.35. The van der Waals surface area contributed by atoms with Gasteiger partial charge >= 0.3 is 6.15 Å². The fourth-order valence-electron chi connectivity index (χ4n) is 1.59. The van der Waals surface area contributed by atoms with Crippen molar-refractivity contribution in [2.75, 3.05) is 0 Å². The van der Waals surface area contributed by atoms with Gasteiger partial charge in [-0.25, -0.2) is 0 Å². The lowest BCUT2D eigenvalue weighted by atomic mass is 10.1. The summed E-state index contributed by atoms with van der Waals surface area (Å²) in [7, 11) is -1.64. The molecular weight excluding hydrogens is 348 g/mol. The van der Waals surface area contributed by atoms with Crippen molar-refractivity contribution in [1.82, 2.24) is 0 Å². The minimum atomic E-state index is -1.64. The molecule has 5 heteroatoms. The molecule has 0 aliphatic carbocycles. The molecule has 0 N–H and O–H groups in total. The Kier molecular flexibility index (Phi) is 8.33. The molecule has 0 heterocycles. The number of halogens is 1. The second-order valence-electron chi connectivity index (χ2n) is 6.59. The first kappa shape index (κ1) is 20.3. The summed E-state index contributed by atoms with van der Waals surface area (Å²) < 4.78 is 6.26. The molecule has 0 bridgehead atoms. The van der Waals surface area contributed by atoms with Crippen molar-refractivity contribution in [2.24, 2.45) is 0 Å². The zero-order valence-electron chi connectivity index (χ0n) is 13.7. The summed E-state index contributed by atoms with van der Waals surface area (Å²) in [6, 6.07) is 6.67. The van der Waals surface area contributed by atoms with Crippen molar-refractivity contribution in [3.8, 4) is 0 Å². The van der Waals surface area contributed by atoms with E-state index in [0.29, 0.717) is 0 Å². The maximum Gasteiger partial charge on any atom is 0.373 e. The van der Waals surface area contributed by atoms with Gasteiger partial charge in [-0.1, -0.05) is 60.5 Å². The van der Waals surface area contributed by atoms with Gasteiger partial charge in [0.25, 0.3) is 0 Å². The van der Waals surface area contributed by atoms with Crippen LogP contribution in [0.3, 0.4) is 0 Å². The standard InChI is InChI=1S/C15H25BrOSi.CO2/c1-12-7-13(10-16)9-14(8-12)11-17-18(5,6)15(2,3)4;2-1-3/h7-9H,10-11H2,1-6H3;. The zero-order chi connectivity index (χ0) is 16.7. The Hall–Kier alpha value is -0.743. The molecule has 0 aromatic heterocycles. The van der Waals surface area contributed by atoms with Crippen molar-refractivity contribution >= 4 is 30.4 Å². The normalized spacial score (nSPS) is 11.4. The van der Waals surface area contributed by atoms with Crippen LogP contribution in [-0.4, -0.2) is 14.5 Å². The minimum Gasteiger partial charge on any atom is -0.413 e. The Morgan fingerprint density at radius 2 is 1.62 bits per heavy atom. The fraction of sp³-hybridized carbons (Fsp3) is 0.562. The van der Waals surface area contributed by atoms with Crippen molar-refractivity contribution in [1.29, 1.82) is 0 Å². The van der Waals surface area contributed by atoms with Gasteiger partial charge in [0.05, 0.1) is 6.61 Å². The van der Waals surface area contributed by atoms with Crippen molar-refractivity contribution in [3.63, 3.8) is 0 Å². The van der Waals surface area contributed by atoms with E-state index in [4.69, 9.17) is 14.0 Å². The molecule has 0 aliphatic heterocycles. The highest BCUT2D eigenvalue weighted by atomic mass is 79.9. The molecule has 0 amide bonds. The summed E-state index contributed by atoms with van der Waals surface area (Å²) in [4.78, 5) is 16.2. The Bertz CT molecular complexity index is 487. The number of alkyl halides is 1. The van der Waals surface area contributed by atoms with E-state index in [1.807, 2.05) is 0 Å². The van der Waals surface area contributed by atoms with Gasteiger partial charge in [0.1, 0.15) is 0 Å². The number of benzene rings is 1. The molecule has 0 saturated carbocycles. The van der Waals surface area contributed by atoms with Gasteiger partial charge in [-0.05, 0) is 36.2 Å². The number of hydrogen-bond acceptors (Lipinski definition) is 3. The van der Waals surface area contributed by atoms with E-state index < -0.39 is 8.32 Å². The van der Waals surface area contributed by atoms with Crippen LogP contribution in [0.5, 0.6) is 0 Å². The molecule has 0 radical (unpaired) electrons. The van der Waals surface area contributed by atoms with E-state index in [1.165, 1.54) is 16.7 Å². The highest BCUT2D eigenvalue weighted by molar-refractivity contribution is 9.08. The van der Waals surface area contributed by atoms with Crippen LogP contribution in [0.4, 0.5) is 0 Å². The van der Waals surface area contributed by atoms with Crippen LogP contribution < -0.4 is 0 Å². The van der Waals surface area contributed by atoms with E-state index >= 15 is 0 Å². The second-order valence-corrected chi connectivity index (χ2v) is 12.0. The van der Waals surface area contributed by atoms with Crippen molar-refractivity contribution in [3.05, 3.63) is 34.9 Å². The predicted molar refractivity (Wildman–Crippen MR) is 90.8 cm³/mol. The van der Waals surface area contributed by atoms with Gasteiger partial charge in [0.15, 0.2) is 8.32 Å². The summed E-state index contributed by atoms with van der Waals surface area (Å²) in [6.07, 6.45) is 0.250. The van der Waals surface area contributed by atoms with Crippen LogP contribution in [0.15, 0.2) is 18.2 Å². The molecule has 118 valence electrons. The molecule has 0 atom stereocenters. The highest BCUT2D eigenvalue weighted by Gasteiger charge is 2.36. The first-order valence-electron chi connectivity index (χ1n) is 6.86. The van der Waals surface area contributed by atoms with Crippen LogP contribution in [-0.2, 0) is 26.0 Å². The first-order chi connectivity index (χ1) is 9.57. The second kappa shape index (κ2) is 8.64. The maximum absolute atomic E-state index is 8.12. The molecule has 0 saturated heterocycles. The zero-order valence-corrected chi connectivity index (χ0v) is 16.3. The molecule has 1 aromatic carbocycles. The largest absolute Gasteiger partial charge is 0.413 e. The third-order valence-electron chi connectivity index (χ3n) is 3.76. The quantitative estimate of drug-likeness (QED) is 0.561. The molecule has 0 fully saturated rings. The van der Waals surface area contributed by atoms with Gasteiger partial charge in [0, 0.05) is 5.33 Å². The molecule has 0 unspecified atom stereocenters. The van der Waals surface area contributed by atoms with Crippen LogP contribution in [0, 0.1) is 6.92 Å². The van der Waals surface area contributed by atoms with Gasteiger partial charge in [-0.15, -0.1) is 0 Å². The molecule has 3 nitrogen and oxygen atoms in total. The van der Waals surface area contributed by atoms with Crippen LogP contribution in [0.2, 0.25) is 18.1 Å². The Labute approximate surface area is 137 Å². The van der Waals surface area contributed by atoms with Gasteiger partial charge in [0.2, 0.25) is 0 Å². The lowest BCUT2D eigenvalue weighted by molar-refractivity contribution is -0.191. The monoisotopic (exact) mass is 372 g/mol. The van der Waals surface area contributed by atoms with Gasteiger partial charge in [-0.2, -0.15) is 9.59 Å². The summed E-state index contributed by atoms with van der Waals surface area (Å²) in [5.41, 5.74) is 3.92. The molecule has 0 spiro atoms. The van der Waals surface area contributed by atoms with Crippen molar-refractivity contribution < 1.29 is 14.0 Å². The van der Waals surface area contributed by atoms with Crippen LogP contribution in [0.25, 0.3) is 0 Å². The van der Waals surface area contributed by atoms with Crippen LogP contribution in [0.1, 0.15) is 37.5 Å². The molecular formula is C16H25BrO3Si. The fourth-order valence-corrected chi connectivity index (χ4v) is 2.87. The molecule has 0 aliphatic rings. The Morgan fingerprint density at radius 1 is 1.14 bits per heavy atom. The SMILES string of the molecule is Cc1cc(CBr)cc(CO[Si](C)(C)C(C)(C)C)c1.O=C=O. The number of rotatable bonds is 4. The molecule has 21 heavy (non-hydrogen) atoms. The van der Waals surface area contributed by atoms with E-state index in [1.54, 1.807) is 0 Å². The van der Waals surface area contributed by atoms with E-state index in [-0.39, 0.29) is 11.2 Å². The Balaban J connectivity index is 0.00000122. The predicted octanol–water partition coefficient (Wildman–Crippen LogP) is 4.83. The first-order valence-corrected chi connectivity index (χ1v) is 10.9. The molecule has 1 aromatic rings. The smallest absolute Gasteiger partial charge is 0.373 e. The van der Waals surface area contributed by atoms with Gasteiger partial charge in [-0.3, -0.25) is 0 Å². The third kappa shape index (κ3) is 7.18. The number of aryl methyl sites for hydroxylation is 1. The van der Waals surface area contributed by atoms with Gasteiger partial charge < -0.3 is 4.43 Å². The summed E-state index contributed by atoms with van der Waals surface area (Å²) in [5, 5.41) is 1.18. The summed E-state index contributed by atoms with van der Waals surface area (Å²) in [6.45, 7) is 14.3.